The fourth-order valence-electron chi connectivity index (χ4n) is 5.13. The van der Waals surface area contributed by atoms with E-state index in [1.165, 1.54) is 44.1 Å². The van der Waals surface area contributed by atoms with Gasteiger partial charge in [-0.1, -0.05) is 58.1 Å². The van der Waals surface area contributed by atoms with E-state index in [2.05, 4.69) is 24.8 Å². The number of rotatable bonds is 6. The first kappa shape index (κ1) is 19.7. The number of nitrogens with two attached hydrogens (primary N) is 1. The Hall–Kier alpha value is -1.06. The molecule has 3 atom stereocenters. The molecule has 2 fully saturated rings. The van der Waals surface area contributed by atoms with Gasteiger partial charge in [-0.3, -0.25) is 0 Å². The molecule has 2 aliphatic rings. The molecule has 1 saturated heterocycles. The van der Waals surface area contributed by atoms with Gasteiger partial charge in [0.05, 0.1) is 0 Å². The Balaban J connectivity index is 1.47. The smallest absolute Gasteiger partial charge is 0.115 e. The highest BCUT2D eigenvalue weighted by molar-refractivity contribution is 5.33. The van der Waals surface area contributed by atoms with Crippen LogP contribution in [0.2, 0.25) is 0 Å². The summed E-state index contributed by atoms with van der Waals surface area (Å²) in [7, 11) is 0. The van der Waals surface area contributed by atoms with Gasteiger partial charge in [0.15, 0.2) is 0 Å². The summed E-state index contributed by atoms with van der Waals surface area (Å²) in [4.78, 5) is 2.61. The number of benzene rings is 1. The van der Waals surface area contributed by atoms with E-state index in [1.54, 1.807) is 6.07 Å². The Kier molecular flexibility index (Phi) is 6.63. The van der Waals surface area contributed by atoms with Crippen molar-refractivity contribution in [3.05, 3.63) is 29.8 Å². The standard InChI is InChI=1S/C23H38N2O/c1-18-17-25(13-11-21(24)15-19-7-4-3-5-8-19)14-12-23(18,2)20-9-6-10-22(26)16-20/h6,9-10,16,18-19,21,26H,3-5,7-8,11-15,17,24H2,1-2H3/t18-,21?,23-/m0/s1. The van der Waals surface area contributed by atoms with Crippen LogP contribution in [0.5, 0.6) is 5.75 Å². The highest BCUT2D eigenvalue weighted by atomic mass is 16.3. The van der Waals surface area contributed by atoms with Crippen molar-refractivity contribution < 1.29 is 5.11 Å². The molecule has 3 nitrogen and oxygen atoms in total. The number of nitrogens with zero attached hydrogens (tertiary/aromatic N) is 1. The number of phenols is 1. The molecular formula is C23H38N2O. The molecule has 0 aromatic heterocycles. The lowest BCUT2D eigenvalue weighted by Crippen LogP contribution is -2.48. The summed E-state index contributed by atoms with van der Waals surface area (Å²) in [6.07, 6.45) is 10.6. The van der Waals surface area contributed by atoms with Crippen LogP contribution in [0.25, 0.3) is 0 Å². The molecule has 1 heterocycles. The molecule has 1 aromatic carbocycles. The maximum Gasteiger partial charge on any atom is 0.115 e. The van der Waals surface area contributed by atoms with Crippen LogP contribution in [-0.4, -0.2) is 35.7 Å². The summed E-state index contributed by atoms with van der Waals surface area (Å²) < 4.78 is 0. The molecule has 1 unspecified atom stereocenters. The van der Waals surface area contributed by atoms with Crippen molar-refractivity contribution in [2.45, 2.75) is 76.7 Å². The quantitative estimate of drug-likeness (QED) is 0.776. The van der Waals surface area contributed by atoms with Gasteiger partial charge in [0.25, 0.3) is 0 Å². The van der Waals surface area contributed by atoms with Crippen LogP contribution in [0, 0.1) is 11.8 Å². The maximum absolute atomic E-state index is 9.85. The molecule has 146 valence electrons. The highest BCUT2D eigenvalue weighted by Gasteiger charge is 2.38. The van der Waals surface area contributed by atoms with Crippen molar-refractivity contribution in [1.29, 1.82) is 0 Å². The van der Waals surface area contributed by atoms with Gasteiger partial charge in [0.1, 0.15) is 5.75 Å². The topological polar surface area (TPSA) is 49.5 Å². The van der Waals surface area contributed by atoms with E-state index < -0.39 is 0 Å². The predicted octanol–water partition coefficient (Wildman–Crippen LogP) is 4.68. The van der Waals surface area contributed by atoms with Crippen LogP contribution in [0.3, 0.4) is 0 Å². The van der Waals surface area contributed by atoms with Gasteiger partial charge in [0.2, 0.25) is 0 Å². The van der Waals surface area contributed by atoms with Crippen molar-refractivity contribution in [3.8, 4) is 5.75 Å². The molecule has 3 rings (SSSR count). The van der Waals surface area contributed by atoms with Crippen LogP contribution in [0.1, 0.15) is 70.8 Å². The lowest BCUT2D eigenvalue weighted by molar-refractivity contribution is 0.107. The lowest BCUT2D eigenvalue weighted by atomic mass is 9.68. The molecule has 26 heavy (non-hydrogen) atoms. The molecule has 1 aromatic rings. The number of hydrogen-bond donors (Lipinski definition) is 2. The largest absolute Gasteiger partial charge is 0.508 e. The second kappa shape index (κ2) is 8.75. The molecule has 0 bridgehead atoms. The minimum Gasteiger partial charge on any atom is -0.508 e. The fourth-order valence-corrected chi connectivity index (χ4v) is 5.13. The van der Waals surface area contributed by atoms with Gasteiger partial charge in [-0.15, -0.1) is 0 Å². The zero-order valence-electron chi connectivity index (χ0n) is 16.8. The Bertz CT molecular complexity index is 569. The first-order valence-electron chi connectivity index (χ1n) is 10.7. The van der Waals surface area contributed by atoms with Crippen LogP contribution in [-0.2, 0) is 5.41 Å². The zero-order valence-corrected chi connectivity index (χ0v) is 16.8. The van der Waals surface area contributed by atoms with Gasteiger partial charge in [-0.2, -0.15) is 0 Å². The second-order valence-corrected chi connectivity index (χ2v) is 9.21. The van der Waals surface area contributed by atoms with Gasteiger partial charge in [0, 0.05) is 12.6 Å². The highest BCUT2D eigenvalue weighted by Crippen LogP contribution is 2.40. The molecule has 0 amide bonds. The molecule has 1 aliphatic carbocycles. The van der Waals surface area contributed by atoms with Gasteiger partial charge in [-0.05, 0) is 67.3 Å². The monoisotopic (exact) mass is 358 g/mol. The minimum absolute atomic E-state index is 0.152. The Morgan fingerprint density at radius 2 is 2.04 bits per heavy atom. The predicted molar refractivity (Wildman–Crippen MR) is 109 cm³/mol. The Morgan fingerprint density at radius 3 is 2.73 bits per heavy atom. The summed E-state index contributed by atoms with van der Waals surface area (Å²) in [6.45, 7) is 8.11. The van der Waals surface area contributed by atoms with E-state index in [-0.39, 0.29) is 5.41 Å². The normalized spacial score (nSPS) is 29.6. The number of aromatic hydroxyl groups is 1. The first-order chi connectivity index (χ1) is 12.5. The Labute approximate surface area is 160 Å². The number of piperidine rings is 1. The summed E-state index contributed by atoms with van der Waals surface area (Å²) in [5.74, 6) is 1.84. The minimum atomic E-state index is 0.152. The molecule has 0 spiro atoms. The van der Waals surface area contributed by atoms with Crippen molar-refractivity contribution in [2.75, 3.05) is 19.6 Å². The summed E-state index contributed by atoms with van der Waals surface area (Å²) in [5, 5.41) is 9.85. The number of likely N-dealkylation sites (tertiary alicyclic amines) is 1. The molecule has 0 radical (unpaired) electrons. The van der Waals surface area contributed by atoms with E-state index in [0.717, 1.165) is 38.4 Å². The maximum atomic E-state index is 9.85. The molecule has 1 aliphatic heterocycles. The number of phenolic OH excluding ortho intramolecular Hbond substituents is 1. The molecule has 3 heteroatoms. The van der Waals surface area contributed by atoms with Crippen LogP contribution >= 0.6 is 0 Å². The van der Waals surface area contributed by atoms with E-state index in [1.807, 2.05) is 12.1 Å². The lowest BCUT2D eigenvalue weighted by Gasteiger charge is -2.45. The third-order valence-electron chi connectivity index (χ3n) is 7.25. The average molecular weight is 359 g/mol. The van der Waals surface area contributed by atoms with Gasteiger partial charge < -0.3 is 15.7 Å². The van der Waals surface area contributed by atoms with Crippen LogP contribution < -0.4 is 5.73 Å². The van der Waals surface area contributed by atoms with E-state index in [0.29, 0.717) is 17.7 Å². The van der Waals surface area contributed by atoms with Crippen molar-refractivity contribution >= 4 is 0 Å². The molecule has 1 saturated carbocycles. The van der Waals surface area contributed by atoms with E-state index in [9.17, 15) is 5.11 Å². The summed E-state index contributed by atoms with van der Waals surface area (Å²) in [6, 6.07) is 8.23. The second-order valence-electron chi connectivity index (χ2n) is 9.21. The SMILES string of the molecule is C[C@H]1CN(CCC(N)CC2CCCCC2)CC[C@]1(C)c1cccc(O)c1. The van der Waals surface area contributed by atoms with Crippen molar-refractivity contribution in [3.63, 3.8) is 0 Å². The van der Waals surface area contributed by atoms with E-state index in [4.69, 9.17) is 5.73 Å². The van der Waals surface area contributed by atoms with Crippen LogP contribution in [0.15, 0.2) is 24.3 Å². The third kappa shape index (κ3) is 4.80. The Morgan fingerprint density at radius 1 is 1.27 bits per heavy atom. The third-order valence-corrected chi connectivity index (χ3v) is 7.25. The zero-order chi connectivity index (χ0) is 18.6. The number of hydrogen-bond acceptors (Lipinski definition) is 3. The van der Waals surface area contributed by atoms with Gasteiger partial charge in [-0.25, -0.2) is 0 Å². The van der Waals surface area contributed by atoms with Crippen LogP contribution in [0.4, 0.5) is 0 Å². The van der Waals surface area contributed by atoms with Crippen molar-refractivity contribution in [2.24, 2.45) is 17.6 Å². The summed E-state index contributed by atoms with van der Waals surface area (Å²) in [5.41, 5.74) is 7.89. The summed E-state index contributed by atoms with van der Waals surface area (Å²) >= 11 is 0. The average Bonchev–Trinajstić information content (AvgIpc) is 2.63. The van der Waals surface area contributed by atoms with Crippen molar-refractivity contribution in [1.82, 2.24) is 4.90 Å². The molecular weight excluding hydrogens is 320 g/mol. The fraction of sp³-hybridized carbons (Fsp3) is 0.739. The molecule has 3 N–H and O–H groups in total. The van der Waals surface area contributed by atoms with Gasteiger partial charge >= 0.3 is 0 Å². The van der Waals surface area contributed by atoms with E-state index >= 15 is 0 Å². The first-order valence-corrected chi connectivity index (χ1v) is 10.7.